The van der Waals surface area contributed by atoms with Crippen molar-refractivity contribution in [1.29, 1.82) is 0 Å². The van der Waals surface area contributed by atoms with Gasteiger partial charge in [0.15, 0.2) is 0 Å². The van der Waals surface area contributed by atoms with E-state index < -0.39 is 19.7 Å². The Morgan fingerprint density at radius 2 is 0.939 bits per heavy atom. The van der Waals surface area contributed by atoms with E-state index in [0.29, 0.717) is 5.69 Å². The highest BCUT2D eigenvalue weighted by atomic mass is 32.2. The normalized spacial score (nSPS) is 16.7. The average Bonchev–Trinajstić information content (AvgIpc) is 3.22. The molecule has 0 atom stereocenters. The molecule has 0 saturated carbocycles. The summed E-state index contributed by atoms with van der Waals surface area (Å²) in [5, 5.41) is 0. The third kappa shape index (κ3) is 2.76. The molecule has 0 bridgehead atoms. The zero-order valence-corrected chi connectivity index (χ0v) is 18.8. The van der Waals surface area contributed by atoms with E-state index in [1.54, 1.807) is 36.4 Å². The smallest absolute Gasteiger partial charge is 0.209 e. The lowest BCUT2D eigenvalue weighted by Crippen LogP contribution is -2.11. The van der Waals surface area contributed by atoms with Crippen molar-refractivity contribution in [2.45, 2.75) is 9.79 Å². The van der Waals surface area contributed by atoms with Gasteiger partial charge in [-0.25, -0.2) is 16.8 Å². The molecule has 162 valence electrons. The van der Waals surface area contributed by atoms with Crippen molar-refractivity contribution >= 4 is 46.5 Å². The molecule has 2 aliphatic rings. The van der Waals surface area contributed by atoms with Gasteiger partial charge in [-0.05, 0) is 42.5 Å². The van der Waals surface area contributed by atoms with Gasteiger partial charge in [-0.1, -0.05) is 60.7 Å². The molecule has 4 aromatic rings. The monoisotopic (exact) mass is 471 g/mol. The van der Waals surface area contributed by atoms with Gasteiger partial charge in [-0.3, -0.25) is 0 Å². The van der Waals surface area contributed by atoms with Crippen LogP contribution in [0.1, 0.15) is 11.1 Å². The quantitative estimate of drug-likeness (QED) is 0.391. The minimum Gasteiger partial charge on any atom is -0.310 e. The second-order valence-electron chi connectivity index (χ2n) is 7.85. The van der Waals surface area contributed by atoms with E-state index in [1.807, 2.05) is 65.6 Å². The fourth-order valence-corrected chi connectivity index (χ4v) is 8.87. The standard InChI is InChI=1S/C26H17NO4S2/c28-32(29)23-14-8-7-13-21(23)25-26(32)22-16-15-20(17-24(22)33(25,30)31)27(18-9-3-1-4-10-18)19-11-5-2-6-12-19/h1-17H. The zero-order chi connectivity index (χ0) is 22.8. The van der Waals surface area contributed by atoms with Crippen molar-refractivity contribution < 1.29 is 16.8 Å². The van der Waals surface area contributed by atoms with Crippen LogP contribution in [0.4, 0.5) is 17.1 Å². The predicted octanol–water partition coefficient (Wildman–Crippen LogP) is 5.56. The van der Waals surface area contributed by atoms with Crippen LogP contribution in [0.3, 0.4) is 0 Å². The Labute approximate surface area is 192 Å². The molecule has 2 heterocycles. The van der Waals surface area contributed by atoms with Gasteiger partial charge in [0.05, 0.1) is 19.6 Å². The Hall–Kier alpha value is -3.68. The lowest BCUT2D eigenvalue weighted by Gasteiger charge is -2.26. The van der Waals surface area contributed by atoms with Crippen molar-refractivity contribution in [3.8, 4) is 0 Å². The van der Waals surface area contributed by atoms with Crippen LogP contribution in [0, 0.1) is 0 Å². The molecule has 7 heteroatoms. The van der Waals surface area contributed by atoms with Gasteiger partial charge in [0, 0.05) is 28.2 Å². The summed E-state index contributed by atoms with van der Waals surface area (Å²) in [7, 11) is -7.93. The number of sulfone groups is 2. The third-order valence-electron chi connectivity index (χ3n) is 5.95. The van der Waals surface area contributed by atoms with Crippen LogP contribution in [0.5, 0.6) is 0 Å². The maximum atomic E-state index is 13.6. The minimum absolute atomic E-state index is 0.0138. The lowest BCUT2D eigenvalue weighted by molar-refractivity contribution is 0.606. The largest absolute Gasteiger partial charge is 0.310 e. The summed E-state index contributed by atoms with van der Waals surface area (Å²) >= 11 is 0. The molecule has 2 aliphatic heterocycles. The highest BCUT2D eigenvalue weighted by Gasteiger charge is 2.49. The number of benzene rings is 4. The molecule has 0 N–H and O–H groups in total. The van der Waals surface area contributed by atoms with E-state index in [-0.39, 0.29) is 30.7 Å². The number of hydrogen-bond acceptors (Lipinski definition) is 5. The van der Waals surface area contributed by atoms with E-state index in [1.165, 1.54) is 6.07 Å². The second-order valence-corrected chi connectivity index (χ2v) is 11.6. The van der Waals surface area contributed by atoms with Crippen LogP contribution in [-0.4, -0.2) is 16.8 Å². The molecule has 0 fully saturated rings. The van der Waals surface area contributed by atoms with Gasteiger partial charge in [0.2, 0.25) is 19.7 Å². The van der Waals surface area contributed by atoms with E-state index in [2.05, 4.69) is 0 Å². The topological polar surface area (TPSA) is 71.5 Å². The van der Waals surface area contributed by atoms with Gasteiger partial charge >= 0.3 is 0 Å². The van der Waals surface area contributed by atoms with Gasteiger partial charge in [0.25, 0.3) is 0 Å². The van der Waals surface area contributed by atoms with E-state index in [0.717, 1.165) is 11.4 Å². The first-order valence-corrected chi connectivity index (χ1v) is 13.3. The molecule has 33 heavy (non-hydrogen) atoms. The average molecular weight is 472 g/mol. The molecule has 4 aromatic carbocycles. The van der Waals surface area contributed by atoms with Crippen molar-refractivity contribution in [2.75, 3.05) is 4.90 Å². The summed E-state index contributed by atoms with van der Waals surface area (Å²) in [6, 6.07) is 30.4. The second kappa shape index (κ2) is 6.91. The fourth-order valence-electron chi connectivity index (χ4n) is 4.55. The maximum absolute atomic E-state index is 13.6. The van der Waals surface area contributed by atoms with Gasteiger partial charge < -0.3 is 4.90 Å². The highest BCUT2D eigenvalue weighted by Crippen LogP contribution is 2.55. The molecule has 0 unspecified atom stereocenters. The van der Waals surface area contributed by atoms with Crippen LogP contribution in [0.2, 0.25) is 0 Å². The number of hydrogen-bond donors (Lipinski definition) is 0. The first kappa shape index (κ1) is 20.0. The highest BCUT2D eigenvalue weighted by molar-refractivity contribution is 8.08. The Morgan fingerprint density at radius 1 is 0.455 bits per heavy atom. The molecule has 0 aliphatic carbocycles. The van der Waals surface area contributed by atoms with Gasteiger partial charge in [-0.2, -0.15) is 0 Å². The first-order valence-electron chi connectivity index (χ1n) is 10.3. The number of nitrogens with zero attached hydrogens (tertiary/aromatic N) is 1. The van der Waals surface area contributed by atoms with E-state index >= 15 is 0 Å². The van der Waals surface area contributed by atoms with Crippen LogP contribution in [-0.2, 0) is 19.7 Å². The minimum atomic E-state index is -4.01. The van der Waals surface area contributed by atoms with E-state index in [9.17, 15) is 16.8 Å². The van der Waals surface area contributed by atoms with Gasteiger partial charge in [-0.15, -0.1) is 0 Å². The SMILES string of the molecule is O=S1(=O)C2=C(c3ccccc31)S(=O)(=O)c1cc(N(c3ccccc3)c3ccccc3)ccc12. The Kier molecular flexibility index (Phi) is 4.18. The number of anilines is 3. The Balaban J connectivity index is 1.58. The van der Waals surface area contributed by atoms with Crippen molar-refractivity contribution in [3.63, 3.8) is 0 Å². The summed E-state index contributed by atoms with van der Waals surface area (Å²) in [4.78, 5) is 1.78. The van der Waals surface area contributed by atoms with Crippen LogP contribution < -0.4 is 4.90 Å². The maximum Gasteiger partial charge on any atom is 0.209 e. The molecule has 0 saturated heterocycles. The Bertz CT molecular complexity index is 1640. The summed E-state index contributed by atoms with van der Waals surface area (Å²) in [5.74, 6) is 0. The number of para-hydroxylation sites is 2. The Morgan fingerprint density at radius 3 is 1.55 bits per heavy atom. The van der Waals surface area contributed by atoms with E-state index in [4.69, 9.17) is 0 Å². The molecular weight excluding hydrogens is 454 g/mol. The summed E-state index contributed by atoms with van der Waals surface area (Å²) in [6.45, 7) is 0. The summed E-state index contributed by atoms with van der Waals surface area (Å²) in [6.07, 6.45) is 0. The number of fused-ring (bicyclic) bond motifs is 4. The molecular formula is C26H17NO4S2. The molecule has 0 aromatic heterocycles. The summed E-state index contributed by atoms with van der Waals surface area (Å²) in [5.41, 5.74) is 2.82. The molecule has 6 rings (SSSR count). The fraction of sp³-hybridized carbons (Fsp3) is 0. The number of rotatable bonds is 3. The molecule has 0 spiro atoms. The van der Waals surface area contributed by atoms with Crippen molar-refractivity contribution in [3.05, 3.63) is 114 Å². The summed E-state index contributed by atoms with van der Waals surface area (Å²) < 4.78 is 53.7. The van der Waals surface area contributed by atoms with Crippen LogP contribution >= 0.6 is 0 Å². The first-order chi connectivity index (χ1) is 15.9. The van der Waals surface area contributed by atoms with Crippen LogP contribution in [0.15, 0.2) is 113 Å². The van der Waals surface area contributed by atoms with Crippen molar-refractivity contribution in [2.24, 2.45) is 0 Å². The molecule has 0 radical (unpaired) electrons. The molecule has 0 amide bonds. The third-order valence-corrected chi connectivity index (χ3v) is 9.86. The molecule has 5 nitrogen and oxygen atoms in total. The van der Waals surface area contributed by atoms with Gasteiger partial charge in [0.1, 0.15) is 0 Å². The zero-order valence-electron chi connectivity index (χ0n) is 17.2. The van der Waals surface area contributed by atoms with Crippen LogP contribution in [0.25, 0.3) is 9.81 Å². The lowest BCUT2D eigenvalue weighted by atomic mass is 10.1. The predicted molar refractivity (Wildman–Crippen MR) is 129 cm³/mol. The van der Waals surface area contributed by atoms with Crippen molar-refractivity contribution in [1.82, 2.24) is 0 Å².